The first-order chi connectivity index (χ1) is 13.0. The SMILES string of the molecule is Cc1ccc(Cl)cc1N1CCN(CC(=O)NC[C@@H](C)c2ccccc2)CC1. The van der Waals surface area contributed by atoms with Crippen LogP contribution in [-0.2, 0) is 4.79 Å². The minimum Gasteiger partial charge on any atom is -0.369 e. The lowest BCUT2D eigenvalue weighted by Crippen LogP contribution is -2.49. The minimum absolute atomic E-state index is 0.102. The molecule has 1 amide bonds. The van der Waals surface area contributed by atoms with Crippen molar-refractivity contribution < 1.29 is 4.79 Å². The van der Waals surface area contributed by atoms with Gasteiger partial charge in [0, 0.05) is 43.4 Å². The summed E-state index contributed by atoms with van der Waals surface area (Å²) in [5, 5.41) is 3.84. The van der Waals surface area contributed by atoms with E-state index in [-0.39, 0.29) is 5.91 Å². The second-order valence-corrected chi connectivity index (χ2v) is 7.75. The smallest absolute Gasteiger partial charge is 0.234 e. The number of piperazine rings is 1. The number of rotatable bonds is 6. The number of benzene rings is 2. The van der Waals surface area contributed by atoms with Gasteiger partial charge in [-0.05, 0) is 36.1 Å². The molecule has 4 nitrogen and oxygen atoms in total. The van der Waals surface area contributed by atoms with Crippen LogP contribution in [0.5, 0.6) is 0 Å². The van der Waals surface area contributed by atoms with Crippen LogP contribution in [-0.4, -0.2) is 50.1 Å². The van der Waals surface area contributed by atoms with E-state index in [2.05, 4.69) is 47.2 Å². The number of hydrogen-bond acceptors (Lipinski definition) is 3. The Hall–Kier alpha value is -2.04. The highest BCUT2D eigenvalue weighted by Crippen LogP contribution is 2.25. The third-order valence-corrected chi connectivity index (χ3v) is 5.46. The molecule has 144 valence electrons. The average Bonchev–Trinajstić information content (AvgIpc) is 2.69. The molecule has 1 heterocycles. The lowest BCUT2D eigenvalue weighted by Gasteiger charge is -2.36. The fourth-order valence-electron chi connectivity index (χ4n) is 3.50. The van der Waals surface area contributed by atoms with Crippen molar-refractivity contribution in [3.05, 3.63) is 64.7 Å². The highest BCUT2D eigenvalue weighted by atomic mass is 35.5. The predicted molar refractivity (Wildman–Crippen MR) is 113 cm³/mol. The van der Waals surface area contributed by atoms with Crippen LogP contribution in [0.25, 0.3) is 0 Å². The topological polar surface area (TPSA) is 35.6 Å². The van der Waals surface area contributed by atoms with Crippen molar-refractivity contribution in [3.63, 3.8) is 0 Å². The minimum atomic E-state index is 0.102. The Labute approximate surface area is 167 Å². The Bertz CT molecular complexity index is 757. The van der Waals surface area contributed by atoms with Gasteiger partial charge in [0.2, 0.25) is 5.91 Å². The van der Waals surface area contributed by atoms with Gasteiger partial charge >= 0.3 is 0 Å². The molecule has 0 bridgehead atoms. The number of aryl methyl sites for hydroxylation is 1. The molecule has 1 atom stereocenters. The normalized spacial score (nSPS) is 16.2. The average molecular weight is 386 g/mol. The first-order valence-electron chi connectivity index (χ1n) is 9.58. The van der Waals surface area contributed by atoms with Gasteiger partial charge in [0.05, 0.1) is 6.54 Å². The maximum atomic E-state index is 12.3. The molecule has 1 saturated heterocycles. The number of amides is 1. The molecule has 5 heteroatoms. The summed E-state index contributed by atoms with van der Waals surface area (Å²) >= 11 is 6.15. The van der Waals surface area contributed by atoms with Crippen molar-refractivity contribution in [2.24, 2.45) is 0 Å². The highest BCUT2D eigenvalue weighted by molar-refractivity contribution is 6.30. The van der Waals surface area contributed by atoms with Gasteiger partial charge in [0.15, 0.2) is 0 Å². The van der Waals surface area contributed by atoms with E-state index < -0.39 is 0 Å². The van der Waals surface area contributed by atoms with Gasteiger partial charge in [-0.15, -0.1) is 0 Å². The molecule has 1 aliphatic heterocycles. The lowest BCUT2D eigenvalue weighted by atomic mass is 10.0. The van der Waals surface area contributed by atoms with Gasteiger partial charge in [0.25, 0.3) is 0 Å². The molecule has 0 saturated carbocycles. The molecule has 0 spiro atoms. The van der Waals surface area contributed by atoms with Crippen LogP contribution in [0.4, 0.5) is 5.69 Å². The molecule has 1 aliphatic rings. The second kappa shape index (κ2) is 9.25. The van der Waals surface area contributed by atoms with Gasteiger partial charge in [0.1, 0.15) is 0 Å². The largest absolute Gasteiger partial charge is 0.369 e. The van der Waals surface area contributed by atoms with Crippen LogP contribution in [0.15, 0.2) is 48.5 Å². The monoisotopic (exact) mass is 385 g/mol. The first kappa shape index (κ1) is 19.7. The molecular weight excluding hydrogens is 358 g/mol. The van der Waals surface area contributed by atoms with Gasteiger partial charge in [-0.1, -0.05) is 54.9 Å². The van der Waals surface area contributed by atoms with Crippen LogP contribution < -0.4 is 10.2 Å². The number of carbonyl (C=O) groups is 1. The zero-order chi connectivity index (χ0) is 19.2. The molecule has 1 fully saturated rings. The number of carbonyl (C=O) groups excluding carboxylic acids is 1. The summed E-state index contributed by atoms with van der Waals surface area (Å²) < 4.78 is 0. The number of halogens is 1. The van der Waals surface area contributed by atoms with E-state index in [9.17, 15) is 4.79 Å². The Morgan fingerprint density at radius 3 is 2.52 bits per heavy atom. The van der Waals surface area contributed by atoms with Crippen LogP contribution in [0.2, 0.25) is 5.02 Å². The van der Waals surface area contributed by atoms with Gasteiger partial charge in [-0.2, -0.15) is 0 Å². The van der Waals surface area contributed by atoms with E-state index in [1.165, 1.54) is 16.8 Å². The summed E-state index contributed by atoms with van der Waals surface area (Å²) in [6, 6.07) is 16.3. The van der Waals surface area contributed by atoms with Crippen molar-refractivity contribution in [2.45, 2.75) is 19.8 Å². The summed E-state index contributed by atoms with van der Waals surface area (Å²) in [5.41, 5.74) is 3.69. The summed E-state index contributed by atoms with van der Waals surface area (Å²) in [5.74, 6) is 0.419. The zero-order valence-corrected chi connectivity index (χ0v) is 16.9. The summed E-state index contributed by atoms with van der Waals surface area (Å²) in [6.07, 6.45) is 0. The molecule has 1 N–H and O–H groups in total. The molecule has 3 rings (SSSR count). The highest BCUT2D eigenvalue weighted by Gasteiger charge is 2.20. The van der Waals surface area contributed by atoms with Gasteiger partial charge in [-0.25, -0.2) is 0 Å². The zero-order valence-electron chi connectivity index (χ0n) is 16.1. The molecule has 2 aromatic rings. The fourth-order valence-corrected chi connectivity index (χ4v) is 3.66. The first-order valence-corrected chi connectivity index (χ1v) is 9.96. The summed E-state index contributed by atoms with van der Waals surface area (Å²) in [4.78, 5) is 16.9. The number of anilines is 1. The Kier molecular flexibility index (Phi) is 6.75. The number of nitrogens with one attached hydrogen (secondary N) is 1. The predicted octanol–water partition coefficient (Wildman–Crippen LogP) is 3.69. The fraction of sp³-hybridized carbons (Fsp3) is 0.409. The third-order valence-electron chi connectivity index (χ3n) is 5.23. The van der Waals surface area contributed by atoms with Crippen LogP contribution >= 0.6 is 11.6 Å². The van der Waals surface area contributed by atoms with E-state index in [0.717, 1.165) is 31.2 Å². The van der Waals surface area contributed by atoms with Crippen molar-refractivity contribution >= 4 is 23.2 Å². The quantitative estimate of drug-likeness (QED) is 0.823. The molecule has 0 aliphatic carbocycles. The van der Waals surface area contributed by atoms with E-state index in [0.29, 0.717) is 19.0 Å². The number of nitrogens with zero attached hydrogens (tertiary/aromatic N) is 2. The molecule has 0 unspecified atom stereocenters. The van der Waals surface area contributed by atoms with Crippen molar-refractivity contribution in [2.75, 3.05) is 44.2 Å². The van der Waals surface area contributed by atoms with E-state index in [1.54, 1.807) is 0 Å². The van der Waals surface area contributed by atoms with Crippen molar-refractivity contribution in [1.29, 1.82) is 0 Å². The summed E-state index contributed by atoms with van der Waals surface area (Å²) in [6.45, 7) is 8.97. The molecular formula is C22H28ClN3O. The summed E-state index contributed by atoms with van der Waals surface area (Å²) in [7, 11) is 0. The Balaban J connectivity index is 1.43. The van der Waals surface area contributed by atoms with Crippen molar-refractivity contribution in [1.82, 2.24) is 10.2 Å². The van der Waals surface area contributed by atoms with Gasteiger partial charge < -0.3 is 10.2 Å². The maximum Gasteiger partial charge on any atom is 0.234 e. The van der Waals surface area contributed by atoms with E-state index in [1.807, 2.05) is 30.3 Å². The molecule has 0 aromatic heterocycles. The van der Waals surface area contributed by atoms with E-state index in [4.69, 9.17) is 11.6 Å². The maximum absolute atomic E-state index is 12.3. The third kappa shape index (κ3) is 5.47. The molecule has 2 aromatic carbocycles. The molecule has 0 radical (unpaired) electrons. The standard InChI is InChI=1S/C22H28ClN3O/c1-17-8-9-20(23)14-21(17)26-12-10-25(11-13-26)16-22(27)24-15-18(2)19-6-4-3-5-7-19/h3-9,14,18H,10-13,15-16H2,1-2H3,(H,24,27)/t18-/m1/s1. The molecule has 27 heavy (non-hydrogen) atoms. The van der Waals surface area contributed by atoms with Crippen LogP contribution in [0.1, 0.15) is 24.0 Å². The van der Waals surface area contributed by atoms with E-state index >= 15 is 0 Å². The second-order valence-electron chi connectivity index (χ2n) is 7.31. The van der Waals surface area contributed by atoms with Crippen LogP contribution in [0, 0.1) is 6.92 Å². The Morgan fingerprint density at radius 2 is 1.81 bits per heavy atom. The van der Waals surface area contributed by atoms with Crippen LogP contribution in [0.3, 0.4) is 0 Å². The number of hydrogen-bond donors (Lipinski definition) is 1. The van der Waals surface area contributed by atoms with Crippen molar-refractivity contribution in [3.8, 4) is 0 Å². The van der Waals surface area contributed by atoms with Gasteiger partial charge in [-0.3, -0.25) is 9.69 Å². The lowest BCUT2D eigenvalue weighted by molar-refractivity contribution is -0.122. The Morgan fingerprint density at radius 1 is 1.11 bits per heavy atom.